The summed E-state index contributed by atoms with van der Waals surface area (Å²) < 4.78 is 11.0. The molecule has 34 heavy (non-hydrogen) atoms. The predicted octanol–water partition coefficient (Wildman–Crippen LogP) is 5.25. The highest BCUT2D eigenvalue weighted by atomic mass is 16.5. The maximum Gasteiger partial charge on any atom is 0.225 e. The van der Waals surface area contributed by atoms with Crippen LogP contribution in [0, 0.1) is 11.8 Å². The first-order valence-electron chi connectivity index (χ1n) is 12.1. The molecule has 1 fully saturated rings. The molecule has 0 aliphatic heterocycles. The summed E-state index contributed by atoms with van der Waals surface area (Å²) in [5, 5.41) is 0. The van der Waals surface area contributed by atoms with Gasteiger partial charge in [0, 0.05) is 37.1 Å². The number of para-hydroxylation sites is 2. The van der Waals surface area contributed by atoms with Gasteiger partial charge in [-0.1, -0.05) is 36.4 Å². The van der Waals surface area contributed by atoms with Crippen LogP contribution in [-0.4, -0.2) is 49.9 Å². The number of ether oxygens (including phenoxy) is 2. The predicted molar refractivity (Wildman–Crippen MR) is 134 cm³/mol. The number of benzene rings is 2. The molecule has 6 heteroatoms. The van der Waals surface area contributed by atoms with E-state index in [9.17, 15) is 9.59 Å². The minimum absolute atomic E-state index is 0.0526. The second-order valence-corrected chi connectivity index (χ2v) is 9.28. The van der Waals surface area contributed by atoms with Gasteiger partial charge in [0.25, 0.3) is 0 Å². The maximum absolute atomic E-state index is 13.3. The molecule has 184 valence electrons. The van der Waals surface area contributed by atoms with E-state index < -0.39 is 0 Å². The maximum atomic E-state index is 13.3. The van der Waals surface area contributed by atoms with Crippen LogP contribution in [0.1, 0.15) is 62.7 Å². The van der Waals surface area contributed by atoms with Crippen LogP contribution in [0.15, 0.2) is 48.5 Å². The van der Waals surface area contributed by atoms with Crippen LogP contribution in [0.5, 0.6) is 11.5 Å². The zero-order valence-corrected chi connectivity index (χ0v) is 21.3. The zero-order chi connectivity index (χ0) is 24.8. The normalized spacial score (nSPS) is 19.6. The summed E-state index contributed by atoms with van der Waals surface area (Å²) in [4.78, 5) is 30.2. The van der Waals surface area contributed by atoms with Crippen molar-refractivity contribution in [3.8, 4) is 11.5 Å². The van der Waals surface area contributed by atoms with Gasteiger partial charge in [-0.15, -0.1) is 0 Å². The fraction of sp³-hybridized carbons (Fsp3) is 0.500. The largest absolute Gasteiger partial charge is 0.496 e. The Morgan fingerprint density at radius 2 is 1.03 bits per heavy atom. The van der Waals surface area contributed by atoms with E-state index in [4.69, 9.17) is 9.47 Å². The summed E-state index contributed by atoms with van der Waals surface area (Å²) in [6.07, 6.45) is 2.93. The van der Waals surface area contributed by atoms with E-state index in [1.807, 2.05) is 86.3 Å². The van der Waals surface area contributed by atoms with Crippen molar-refractivity contribution in [3.05, 3.63) is 59.7 Å². The van der Waals surface area contributed by atoms with Crippen molar-refractivity contribution in [3.63, 3.8) is 0 Å². The molecule has 0 aromatic heterocycles. The number of rotatable bonds is 8. The number of nitrogens with zero attached hydrogens (tertiary/aromatic N) is 2. The first kappa shape index (κ1) is 25.6. The molecular formula is C28H38N2O4. The molecule has 3 rings (SSSR count). The van der Waals surface area contributed by atoms with Crippen LogP contribution >= 0.6 is 0 Å². The third-order valence-corrected chi connectivity index (χ3v) is 7.46. The fourth-order valence-electron chi connectivity index (χ4n) is 4.99. The summed E-state index contributed by atoms with van der Waals surface area (Å²) >= 11 is 0. The highest BCUT2D eigenvalue weighted by Crippen LogP contribution is 2.36. The van der Waals surface area contributed by atoms with E-state index >= 15 is 0 Å². The SMILES string of the molecule is COc1ccccc1C(C)N(C)C(=O)C1CCC(C(=O)N(C)C(C)c2ccccc2OC)CC1. The molecule has 6 nitrogen and oxygen atoms in total. The first-order valence-corrected chi connectivity index (χ1v) is 12.1. The molecule has 1 aliphatic rings. The smallest absolute Gasteiger partial charge is 0.225 e. The molecule has 0 bridgehead atoms. The van der Waals surface area contributed by atoms with Crippen LogP contribution in [0.3, 0.4) is 0 Å². The number of methoxy groups -OCH3 is 2. The van der Waals surface area contributed by atoms with Crippen LogP contribution < -0.4 is 9.47 Å². The average Bonchev–Trinajstić information content (AvgIpc) is 2.90. The Labute approximate surface area is 203 Å². The number of hydrogen-bond donors (Lipinski definition) is 0. The van der Waals surface area contributed by atoms with E-state index in [2.05, 4.69) is 0 Å². The van der Waals surface area contributed by atoms with Crippen molar-refractivity contribution in [2.75, 3.05) is 28.3 Å². The average molecular weight is 467 g/mol. The van der Waals surface area contributed by atoms with Crippen LogP contribution in [0.4, 0.5) is 0 Å². The highest BCUT2D eigenvalue weighted by Gasteiger charge is 2.35. The van der Waals surface area contributed by atoms with Crippen molar-refractivity contribution in [1.82, 2.24) is 9.80 Å². The van der Waals surface area contributed by atoms with Gasteiger partial charge in [0.05, 0.1) is 26.3 Å². The monoisotopic (exact) mass is 466 g/mol. The Balaban J connectivity index is 1.59. The van der Waals surface area contributed by atoms with Crippen molar-refractivity contribution in [1.29, 1.82) is 0 Å². The van der Waals surface area contributed by atoms with Gasteiger partial charge in [0.2, 0.25) is 11.8 Å². The summed E-state index contributed by atoms with van der Waals surface area (Å²) in [7, 11) is 7.02. The third kappa shape index (κ3) is 5.37. The fourth-order valence-corrected chi connectivity index (χ4v) is 4.99. The molecule has 0 radical (unpaired) electrons. The number of carbonyl (C=O) groups is 2. The van der Waals surface area contributed by atoms with E-state index in [1.165, 1.54) is 0 Å². The molecule has 0 spiro atoms. The minimum atomic E-state index is -0.0872. The van der Waals surface area contributed by atoms with Crippen molar-refractivity contribution in [2.24, 2.45) is 11.8 Å². The lowest BCUT2D eigenvalue weighted by molar-refractivity contribution is -0.142. The number of amides is 2. The second kappa shape index (κ2) is 11.4. The van der Waals surface area contributed by atoms with Gasteiger partial charge in [0.1, 0.15) is 11.5 Å². The summed E-state index contributed by atoms with van der Waals surface area (Å²) in [5.41, 5.74) is 1.99. The van der Waals surface area contributed by atoms with Crippen LogP contribution in [-0.2, 0) is 9.59 Å². The topological polar surface area (TPSA) is 59.1 Å². The number of carbonyl (C=O) groups excluding carboxylic acids is 2. The van der Waals surface area contributed by atoms with Crippen molar-refractivity contribution in [2.45, 2.75) is 51.6 Å². The van der Waals surface area contributed by atoms with Gasteiger partial charge in [-0.25, -0.2) is 0 Å². The third-order valence-electron chi connectivity index (χ3n) is 7.46. The van der Waals surface area contributed by atoms with Gasteiger partial charge in [-0.2, -0.15) is 0 Å². The van der Waals surface area contributed by atoms with E-state index in [-0.39, 0.29) is 35.7 Å². The van der Waals surface area contributed by atoms with Crippen LogP contribution in [0.25, 0.3) is 0 Å². The molecule has 1 saturated carbocycles. The van der Waals surface area contributed by atoms with Crippen molar-refractivity contribution < 1.29 is 19.1 Å². The molecule has 2 atom stereocenters. The van der Waals surface area contributed by atoms with E-state index in [1.54, 1.807) is 14.2 Å². The lowest BCUT2D eigenvalue weighted by Crippen LogP contribution is -2.40. The Hall–Kier alpha value is -3.02. The quantitative estimate of drug-likeness (QED) is 0.533. The lowest BCUT2D eigenvalue weighted by atomic mass is 9.80. The molecule has 0 N–H and O–H groups in total. The highest BCUT2D eigenvalue weighted by molar-refractivity contribution is 5.81. The van der Waals surface area contributed by atoms with Gasteiger partial charge >= 0.3 is 0 Å². The van der Waals surface area contributed by atoms with Gasteiger partial charge in [0.15, 0.2) is 0 Å². The molecule has 2 amide bonds. The molecule has 1 aliphatic carbocycles. The first-order chi connectivity index (χ1) is 16.3. The van der Waals surface area contributed by atoms with Gasteiger partial charge in [-0.05, 0) is 51.7 Å². The Morgan fingerprint density at radius 3 is 1.35 bits per heavy atom. The minimum Gasteiger partial charge on any atom is -0.496 e. The molecule has 0 saturated heterocycles. The summed E-state index contributed by atoms with van der Waals surface area (Å²) in [6, 6.07) is 15.5. The summed E-state index contributed by atoms with van der Waals surface area (Å²) in [5.74, 6) is 1.75. The molecular weight excluding hydrogens is 428 g/mol. The molecule has 0 heterocycles. The Kier molecular flexibility index (Phi) is 8.59. The molecule has 2 aromatic rings. The molecule has 2 unspecified atom stereocenters. The van der Waals surface area contributed by atoms with E-state index in [0.717, 1.165) is 48.3 Å². The second-order valence-electron chi connectivity index (χ2n) is 9.28. The van der Waals surface area contributed by atoms with Crippen molar-refractivity contribution >= 4 is 11.8 Å². The Morgan fingerprint density at radius 1 is 0.706 bits per heavy atom. The standard InChI is InChI=1S/C28H38N2O4/c1-19(23-11-7-9-13-25(23)33-5)29(3)27(31)21-15-17-22(18-16-21)28(32)30(4)20(2)24-12-8-10-14-26(24)34-6/h7-14,19-22H,15-18H2,1-6H3. The number of hydrogen-bond acceptors (Lipinski definition) is 4. The lowest BCUT2D eigenvalue weighted by Gasteiger charge is -2.35. The van der Waals surface area contributed by atoms with Crippen LogP contribution in [0.2, 0.25) is 0 Å². The Bertz CT molecular complexity index is 904. The van der Waals surface area contributed by atoms with E-state index in [0.29, 0.717) is 0 Å². The van der Waals surface area contributed by atoms with Gasteiger partial charge < -0.3 is 19.3 Å². The van der Waals surface area contributed by atoms with Gasteiger partial charge in [-0.3, -0.25) is 9.59 Å². The summed E-state index contributed by atoms with van der Waals surface area (Å²) in [6.45, 7) is 4.05. The molecule has 2 aromatic carbocycles. The zero-order valence-electron chi connectivity index (χ0n) is 21.3.